The van der Waals surface area contributed by atoms with E-state index in [4.69, 9.17) is 11.6 Å². The number of nitrogens with zero attached hydrogens (tertiary/aromatic N) is 6. The predicted molar refractivity (Wildman–Crippen MR) is 96.5 cm³/mol. The molecule has 1 amide bonds. The third-order valence-corrected chi connectivity index (χ3v) is 5.18. The second-order valence-corrected chi connectivity index (χ2v) is 7.14. The van der Waals surface area contributed by atoms with Crippen LogP contribution in [-0.2, 0) is 18.4 Å². The minimum atomic E-state index is -0.335. The first-order chi connectivity index (χ1) is 11.8. The zero-order chi connectivity index (χ0) is 18.1. The first-order valence-electron chi connectivity index (χ1n) is 8.56. The number of carbonyl (C=O) groups excluding carboxylic acids is 1. The summed E-state index contributed by atoms with van der Waals surface area (Å²) in [7, 11) is 1.94. The van der Waals surface area contributed by atoms with Crippen molar-refractivity contribution in [2.75, 3.05) is 26.2 Å². The van der Waals surface area contributed by atoms with Gasteiger partial charge in [0, 0.05) is 57.7 Å². The predicted octanol–water partition coefficient (Wildman–Crippen LogP) is 1.79. The zero-order valence-electron chi connectivity index (χ0n) is 15.2. The van der Waals surface area contributed by atoms with Crippen LogP contribution in [-0.4, -0.2) is 61.4 Å². The lowest BCUT2D eigenvalue weighted by Crippen LogP contribution is -2.50. The molecule has 1 saturated heterocycles. The number of hydrogen-bond donors (Lipinski definition) is 0. The molecule has 136 valence electrons. The Bertz CT molecular complexity index is 740. The Morgan fingerprint density at radius 3 is 2.36 bits per heavy atom. The lowest BCUT2D eigenvalue weighted by molar-refractivity contribution is -0.136. The van der Waals surface area contributed by atoms with Crippen LogP contribution in [0.25, 0.3) is 0 Å². The van der Waals surface area contributed by atoms with Crippen molar-refractivity contribution in [3.63, 3.8) is 0 Å². The maximum atomic E-state index is 12.7. The van der Waals surface area contributed by atoms with E-state index in [2.05, 4.69) is 21.3 Å². The monoisotopic (exact) mass is 364 g/mol. The molecule has 0 saturated carbocycles. The highest BCUT2D eigenvalue weighted by molar-refractivity contribution is 6.31. The molecule has 7 nitrogen and oxygen atoms in total. The van der Waals surface area contributed by atoms with Gasteiger partial charge in [-0.05, 0) is 20.8 Å². The molecule has 0 bridgehead atoms. The third-order valence-electron chi connectivity index (χ3n) is 4.80. The Hall–Kier alpha value is -1.86. The van der Waals surface area contributed by atoms with Gasteiger partial charge in [0.2, 0.25) is 5.91 Å². The Kier molecular flexibility index (Phi) is 5.15. The first kappa shape index (κ1) is 17.9. The number of hydrogen-bond acceptors (Lipinski definition) is 4. The van der Waals surface area contributed by atoms with Crippen molar-refractivity contribution in [3.05, 3.63) is 34.4 Å². The van der Waals surface area contributed by atoms with Gasteiger partial charge in [0.05, 0.1) is 16.4 Å². The topological polar surface area (TPSA) is 59.2 Å². The molecule has 2 aromatic rings. The Morgan fingerprint density at radius 2 is 1.84 bits per heavy atom. The summed E-state index contributed by atoms with van der Waals surface area (Å²) in [5, 5.41) is 9.31. The van der Waals surface area contributed by atoms with Gasteiger partial charge >= 0.3 is 0 Å². The van der Waals surface area contributed by atoms with Crippen molar-refractivity contribution in [1.82, 2.24) is 29.4 Å². The maximum Gasteiger partial charge on any atom is 0.247 e. The van der Waals surface area contributed by atoms with Crippen LogP contribution < -0.4 is 0 Å². The van der Waals surface area contributed by atoms with E-state index in [0.29, 0.717) is 5.02 Å². The van der Waals surface area contributed by atoms with Crippen LogP contribution in [0.2, 0.25) is 5.02 Å². The van der Waals surface area contributed by atoms with Gasteiger partial charge in [-0.15, -0.1) is 0 Å². The number of aryl methyl sites for hydroxylation is 3. The minimum absolute atomic E-state index is 0.0939. The van der Waals surface area contributed by atoms with E-state index in [1.54, 1.807) is 10.9 Å². The number of aromatic nitrogens is 4. The van der Waals surface area contributed by atoms with Gasteiger partial charge in [-0.2, -0.15) is 10.2 Å². The molecule has 8 heteroatoms. The summed E-state index contributed by atoms with van der Waals surface area (Å²) in [5.74, 6) is 0.0939. The summed E-state index contributed by atoms with van der Waals surface area (Å²) in [6, 6.07) is -0.335. The number of rotatable bonds is 4. The van der Waals surface area contributed by atoms with E-state index in [1.165, 1.54) is 5.56 Å². The van der Waals surface area contributed by atoms with Crippen molar-refractivity contribution in [1.29, 1.82) is 0 Å². The quantitative estimate of drug-likeness (QED) is 0.830. The van der Waals surface area contributed by atoms with Crippen LogP contribution in [0.3, 0.4) is 0 Å². The molecule has 1 aliphatic heterocycles. The fourth-order valence-corrected chi connectivity index (χ4v) is 3.34. The number of halogens is 1. The lowest BCUT2D eigenvalue weighted by atomic mass is 10.2. The summed E-state index contributed by atoms with van der Waals surface area (Å²) < 4.78 is 3.51. The van der Waals surface area contributed by atoms with Gasteiger partial charge in [0.25, 0.3) is 0 Å². The Morgan fingerprint density at radius 1 is 1.16 bits per heavy atom. The van der Waals surface area contributed by atoms with Crippen molar-refractivity contribution in [2.45, 2.75) is 33.4 Å². The number of carbonyl (C=O) groups is 1. The molecule has 0 aromatic carbocycles. The largest absolute Gasteiger partial charge is 0.338 e. The fraction of sp³-hybridized carbons (Fsp3) is 0.588. The highest BCUT2D eigenvalue weighted by Gasteiger charge is 2.27. The Balaban J connectivity index is 1.56. The fourth-order valence-electron chi connectivity index (χ4n) is 3.21. The number of piperazine rings is 1. The molecule has 1 unspecified atom stereocenters. The molecule has 0 aliphatic carbocycles. The molecule has 0 radical (unpaired) electrons. The molecule has 1 atom stereocenters. The highest BCUT2D eigenvalue weighted by Crippen LogP contribution is 2.18. The average Bonchev–Trinajstić information content (AvgIpc) is 3.08. The van der Waals surface area contributed by atoms with Crippen molar-refractivity contribution < 1.29 is 4.79 Å². The van der Waals surface area contributed by atoms with Gasteiger partial charge < -0.3 is 4.90 Å². The first-order valence-corrected chi connectivity index (χ1v) is 8.94. The molecule has 25 heavy (non-hydrogen) atoms. The zero-order valence-corrected chi connectivity index (χ0v) is 16.0. The van der Waals surface area contributed by atoms with Crippen LogP contribution in [0.1, 0.15) is 29.9 Å². The molecule has 3 heterocycles. The van der Waals surface area contributed by atoms with Crippen LogP contribution in [0.5, 0.6) is 0 Å². The molecular weight excluding hydrogens is 340 g/mol. The van der Waals surface area contributed by atoms with Gasteiger partial charge in [0.15, 0.2) is 0 Å². The molecule has 1 fully saturated rings. The Labute approximate surface area is 153 Å². The molecule has 3 rings (SSSR count). The summed E-state index contributed by atoms with van der Waals surface area (Å²) in [6.07, 6.45) is 3.79. The molecule has 0 N–H and O–H groups in total. The van der Waals surface area contributed by atoms with Gasteiger partial charge in [0.1, 0.15) is 6.04 Å². The summed E-state index contributed by atoms with van der Waals surface area (Å²) in [4.78, 5) is 17.0. The summed E-state index contributed by atoms with van der Waals surface area (Å²) in [6.45, 7) is 9.83. The van der Waals surface area contributed by atoms with Crippen LogP contribution in [0.4, 0.5) is 0 Å². The standard InChI is InChI=1S/C17H25ClN6O/c1-12-15(9-21(4)19-12)10-22-5-7-23(8-6-22)17(25)14(3)24-11-16(18)13(2)20-24/h9,11,14H,5-8,10H2,1-4H3. The van der Waals surface area contributed by atoms with E-state index in [9.17, 15) is 4.79 Å². The molecule has 1 aliphatic rings. The van der Waals surface area contributed by atoms with E-state index in [1.807, 2.05) is 37.4 Å². The van der Waals surface area contributed by atoms with E-state index < -0.39 is 0 Å². The average molecular weight is 365 g/mol. The smallest absolute Gasteiger partial charge is 0.247 e. The van der Waals surface area contributed by atoms with Crippen LogP contribution in [0.15, 0.2) is 12.4 Å². The minimum Gasteiger partial charge on any atom is -0.338 e. The maximum absolute atomic E-state index is 12.7. The van der Waals surface area contributed by atoms with Crippen LogP contribution >= 0.6 is 11.6 Å². The normalized spacial score (nSPS) is 17.1. The highest BCUT2D eigenvalue weighted by atomic mass is 35.5. The van der Waals surface area contributed by atoms with Gasteiger partial charge in [-0.25, -0.2) is 0 Å². The van der Waals surface area contributed by atoms with Gasteiger partial charge in [-0.1, -0.05) is 11.6 Å². The van der Waals surface area contributed by atoms with E-state index in [0.717, 1.165) is 44.1 Å². The third kappa shape index (κ3) is 3.88. The number of amides is 1. The second kappa shape index (κ2) is 7.17. The summed E-state index contributed by atoms with van der Waals surface area (Å²) in [5.41, 5.74) is 3.07. The van der Waals surface area contributed by atoms with Crippen molar-refractivity contribution >= 4 is 17.5 Å². The molecule has 0 spiro atoms. The van der Waals surface area contributed by atoms with Gasteiger partial charge in [-0.3, -0.25) is 19.1 Å². The van der Waals surface area contributed by atoms with E-state index >= 15 is 0 Å². The van der Waals surface area contributed by atoms with Crippen molar-refractivity contribution in [2.24, 2.45) is 7.05 Å². The summed E-state index contributed by atoms with van der Waals surface area (Å²) >= 11 is 6.05. The van der Waals surface area contributed by atoms with Crippen molar-refractivity contribution in [3.8, 4) is 0 Å². The molecular formula is C17H25ClN6O. The lowest BCUT2D eigenvalue weighted by Gasteiger charge is -2.35. The van der Waals surface area contributed by atoms with E-state index in [-0.39, 0.29) is 11.9 Å². The SMILES string of the molecule is Cc1nn(C(C)C(=O)N2CCN(Cc3cn(C)nc3C)CC2)cc1Cl. The molecule has 2 aromatic heterocycles. The van der Waals surface area contributed by atoms with Crippen LogP contribution in [0, 0.1) is 13.8 Å². The second-order valence-electron chi connectivity index (χ2n) is 6.73.